The lowest BCUT2D eigenvalue weighted by Gasteiger charge is -2.12. The SMILES string of the molecule is CCc1ccc(NC(=O)c2ccc3c(c2)OCO3)cc1NC(=O)CN. The molecular weight excluding hydrogens is 322 g/mol. The van der Waals surface area contributed by atoms with Crippen LogP contribution in [0.3, 0.4) is 0 Å². The van der Waals surface area contributed by atoms with Gasteiger partial charge in [0, 0.05) is 16.9 Å². The van der Waals surface area contributed by atoms with Gasteiger partial charge in [0.05, 0.1) is 6.54 Å². The zero-order valence-electron chi connectivity index (χ0n) is 13.8. The van der Waals surface area contributed by atoms with E-state index in [4.69, 9.17) is 15.2 Å². The van der Waals surface area contributed by atoms with Crippen LogP contribution in [0.4, 0.5) is 11.4 Å². The lowest BCUT2D eigenvalue weighted by molar-refractivity contribution is -0.114. The molecule has 7 heteroatoms. The van der Waals surface area contributed by atoms with E-state index in [1.54, 1.807) is 30.3 Å². The normalized spacial score (nSPS) is 11.9. The van der Waals surface area contributed by atoms with Gasteiger partial charge in [-0.25, -0.2) is 0 Å². The van der Waals surface area contributed by atoms with Gasteiger partial charge in [-0.2, -0.15) is 0 Å². The maximum Gasteiger partial charge on any atom is 0.255 e. The van der Waals surface area contributed by atoms with Gasteiger partial charge in [-0.3, -0.25) is 9.59 Å². The number of anilines is 2. The number of ether oxygens (including phenoxy) is 2. The van der Waals surface area contributed by atoms with Crippen molar-refractivity contribution in [1.82, 2.24) is 0 Å². The highest BCUT2D eigenvalue weighted by atomic mass is 16.7. The van der Waals surface area contributed by atoms with Crippen molar-refractivity contribution < 1.29 is 19.1 Å². The third kappa shape index (κ3) is 3.72. The van der Waals surface area contributed by atoms with Gasteiger partial charge >= 0.3 is 0 Å². The van der Waals surface area contributed by atoms with Gasteiger partial charge in [-0.05, 0) is 42.3 Å². The molecule has 0 unspecified atom stereocenters. The molecule has 0 atom stereocenters. The second-order valence-corrected chi connectivity index (χ2v) is 5.50. The topological polar surface area (TPSA) is 103 Å². The number of fused-ring (bicyclic) bond motifs is 1. The first-order valence-corrected chi connectivity index (χ1v) is 7.94. The molecule has 0 aromatic heterocycles. The summed E-state index contributed by atoms with van der Waals surface area (Å²) < 4.78 is 10.5. The summed E-state index contributed by atoms with van der Waals surface area (Å²) >= 11 is 0. The van der Waals surface area contributed by atoms with Crippen LogP contribution in [0.1, 0.15) is 22.8 Å². The minimum Gasteiger partial charge on any atom is -0.454 e. The maximum absolute atomic E-state index is 12.4. The quantitative estimate of drug-likeness (QED) is 0.773. The Labute approximate surface area is 145 Å². The fourth-order valence-corrected chi connectivity index (χ4v) is 2.52. The van der Waals surface area contributed by atoms with Gasteiger partial charge < -0.3 is 25.8 Å². The standard InChI is InChI=1S/C18H19N3O4/c1-2-11-3-5-13(8-14(11)21-17(22)9-19)20-18(23)12-4-6-15-16(7-12)25-10-24-15/h3-8H,2,9-10,19H2,1H3,(H,20,23)(H,21,22). The van der Waals surface area contributed by atoms with Crippen molar-refractivity contribution in [2.75, 3.05) is 24.0 Å². The Morgan fingerprint density at radius 2 is 1.88 bits per heavy atom. The van der Waals surface area contributed by atoms with Crippen molar-refractivity contribution in [3.63, 3.8) is 0 Å². The largest absolute Gasteiger partial charge is 0.454 e. The second kappa shape index (κ2) is 7.23. The Kier molecular flexibility index (Phi) is 4.85. The molecule has 0 bridgehead atoms. The summed E-state index contributed by atoms with van der Waals surface area (Å²) in [6.45, 7) is 2.04. The zero-order valence-corrected chi connectivity index (χ0v) is 13.8. The summed E-state index contributed by atoms with van der Waals surface area (Å²) in [4.78, 5) is 24.0. The third-order valence-corrected chi connectivity index (χ3v) is 3.84. The van der Waals surface area contributed by atoms with Crippen LogP contribution in [0.2, 0.25) is 0 Å². The first kappa shape index (κ1) is 16.8. The highest BCUT2D eigenvalue weighted by Gasteiger charge is 2.16. The van der Waals surface area contributed by atoms with Crippen LogP contribution < -0.4 is 25.8 Å². The Morgan fingerprint density at radius 3 is 2.64 bits per heavy atom. The summed E-state index contributed by atoms with van der Waals surface area (Å²) in [7, 11) is 0. The van der Waals surface area contributed by atoms with Gasteiger partial charge in [0.2, 0.25) is 12.7 Å². The molecule has 0 fully saturated rings. The highest BCUT2D eigenvalue weighted by Crippen LogP contribution is 2.32. The summed E-state index contributed by atoms with van der Waals surface area (Å²) in [6, 6.07) is 10.4. The molecule has 3 rings (SSSR count). The number of carbonyl (C=O) groups excluding carboxylic acids is 2. The van der Waals surface area contributed by atoms with E-state index in [1.807, 2.05) is 13.0 Å². The van der Waals surface area contributed by atoms with Crippen molar-refractivity contribution >= 4 is 23.2 Å². The van der Waals surface area contributed by atoms with Crippen LogP contribution in [-0.2, 0) is 11.2 Å². The summed E-state index contributed by atoms with van der Waals surface area (Å²) in [5.74, 6) is 0.605. The lowest BCUT2D eigenvalue weighted by atomic mass is 10.1. The summed E-state index contributed by atoms with van der Waals surface area (Å²) in [6.07, 6.45) is 0.747. The molecule has 2 aromatic rings. The molecule has 2 aromatic carbocycles. The molecule has 0 saturated heterocycles. The number of rotatable bonds is 5. The predicted octanol–water partition coefficient (Wildman–Crippen LogP) is 2.13. The number of hydrogen-bond donors (Lipinski definition) is 3. The van der Waals surface area contributed by atoms with E-state index in [1.165, 1.54) is 0 Å². The minimum atomic E-state index is -0.283. The zero-order chi connectivity index (χ0) is 17.8. The molecule has 130 valence electrons. The molecule has 1 heterocycles. The molecule has 1 aliphatic heterocycles. The monoisotopic (exact) mass is 341 g/mol. The number of amides is 2. The van der Waals surface area contributed by atoms with Gasteiger partial charge in [-0.15, -0.1) is 0 Å². The average molecular weight is 341 g/mol. The molecule has 0 saturated carbocycles. The van der Waals surface area contributed by atoms with Gasteiger partial charge in [-0.1, -0.05) is 13.0 Å². The van der Waals surface area contributed by atoms with Crippen molar-refractivity contribution in [2.24, 2.45) is 5.73 Å². The van der Waals surface area contributed by atoms with Gasteiger partial charge in [0.15, 0.2) is 11.5 Å². The summed E-state index contributed by atoms with van der Waals surface area (Å²) in [5, 5.41) is 5.56. The second-order valence-electron chi connectivity index (χ2n) is 5.50. The van der Waals surface area contributed by atoms with E-state index in [9.17, 15) is 9.59 Å². The molecule has 4 N–H and O–H groups in total. The number of carbonyl (C=O) groups is 2. The van der Waals surface area contributed by atoms with Crippen LogP contribution in [0.5, 0.6) is 11.5 Å². The van der Waals surface area contributed by atoms with E-state index >= 15 is 0 Å². The minimum absolute atomic E-state index is 0.100. The Hall–Kier alpha value is -3.06. The van der Waals surface area contributed by atoms with E-state index in [2.05, 4.69) is 10.6 Å². The van der Waals surface area contributed by atoms with E-state index in [0.717, 1.165) is 12.0 Å². The molecule has 25 heavy (non-hydrogen) atoms. The number of benzene rings is 2. The van der Waals surface area contributed by atoms with Gasteiger partial charge in [0.25, 0.3) is 5.91 Å². The van der Waals surface area contributed by atoms with Crippen molar-refractivity contribution in [3.8, 4) is 11.5 Å². The molecular formula is C18H19N3O4. The van der Waals surface area contributed by atoms with E-state index < -0.39 is 0 Å². The third-order valence-electron chi connectivity index (χ3n) is 3.84. The molecule has 1 aliphatic rings. The van der Waals surface area contributed by atoms with Crippen LogP contribution in [-0.4, -0.2) is 25.2 Å². The van der Waals surface area contributed by atoms with Crippen LogP contribution in [0.15, 0.2) is 36.4 Å². The maximum atomic E-state index is 12.4. The van der Waals surface area contributed by atoms with Crippen molar-refractivity contribution in [3.05, 3.63) is 47.5 Å². The van der Waals surface area contributed by atoms with Crippen LogP contribution >= 0.6 is 0 Å². The van der Waals surface area contributed by atoms with Crippen molar-refractivity contribution in [1.29, 1.82) is 0 Å². The first-order chi connectivity index (χ1) is 12.1. The first-order valence-electron chi connectivity index (χ1n) is 7.94. The number of aryl methyl sites for hydroxylation is 1. The molecule has 0 spiro atoms. The Morgan fingerprint density at radius 1 is 1.08 bits per heavy atom. The lowest BCUT2D eigenvalue weighted by Crippen LogP contribution is -2.22. The predicted molar refractivity (Wildman–Crippen MR) is 94.0 cm³/mol. The highest BCUT2D eigenvalue weighted by molar-refractivity contribution is 6.05. The number of nitrogens with one attached hydrogen (secondary N) is 2. The number of nitrogens with two attached hydrogens (primary N) is 1. The molecule has 2 amide bonds. The molecule has 0 radical (unpaired) electrons. The van der Waals surface area contributed by atoms with Crippen LogP contribution in [0, 0.1) is 0 Å². The van der Waals surface area contributed by atoms with Crippen molar-refractivity contribution in [2.45, 2.75) is 13.3 Å². The fourth-order valence-electron chi connectivity index (χ4n) is 2.52. The molecule has 7 nitrogen and oxygen atoms in total. The number of hydrogen-bond acceptors (Lipinski definition) is 5. The van der Waals surface area contributed by atoms with Gasteiger partial charge in [0.1, 0.15) is 0 Å². The summed E-state index contributed by atoms with van der Waals surface area (Å²) in [5.41, 5.74) is 7.98. The smallest absolute Gasteiger partial charge is 0.255 e. The Bertz CT molecular complexity index is 820. The van der Waals surface area contributed by atoms with E-state index in [0.29, 0.717) is 28.4 Å². The molecule has 0 aliphatic carbocycles. The van der Waals surface area contributed by atoms with E-state index in [-0.39, 0.29) is 25.2 Å². The van der Waals surface area contributed by atoms with Crippen LogP contribution in [0.25, 0.3) is 0 Å². The fraction of sp³-hybridized carbons (Fsp3) is 0.222. The Balaban J connectivity index is 1.78. The average Bonchev–Trinajstić information content (AvgIpc) is 3.09.